The minimum Gasteiger partial charge on any atom is -0.352 e. The largest absolute Gasteiger partial charge is 0.352 e. The number of rotatable bonds is 9. The van der Waals surface area contributed by atoms with Crippen LogP contribution in [0.1, 0.15) is 50.2 Å². The summed E-state index contributed by atoms with van der Waals surface area (Å²) in [7, 11) is -2.55. The quantitative estimate of drug-likeness (QED) is 0.539. The second-order valence-electron chi connectivity index (χ2n) is 9.24. The topological polar surface area (TPSA) is 86.8 Å². The van der Waals surface area contributed by atoms with Crippen LogP contribution in [0.15, 0.2) is 53.4 Å². The van der Waals surface area contributed by atoms with Gasteiger partial charge in [-0.2, -0.15) is 4.31 Å². The number of halogens is 1. The number of sulfonamides is 1. The Hall–Kier alpha value is -2.42. The molecule has 1 aliphatic rings. The van der Waals surface area contributed by atoms with E-state index in [0.29, 0.717) is 5.02 Å². The van der Waals surface area contributed by atoms with E-state index in [1.807, 2.05) is 31.2 Å². The molecule has 2 aromatic carbocycles. The number of amides is 2. The summed E-state index contributed by atoms with van der Waals surface area (Å²) in [6.45, 7) is 3.48. The highest BCUT2D eigenvalue weighted by molar-refractivity contribution is 7.89. The fourth-order valence-electron chi connectivity index (χ4n) is 4.19. The van der Waals surface area contributed by atoms with Gasteiger partial charge in [-0.3, -0.25) is 9.59 Å². The number of carbonyl (C=O) groups excluding carboxylic acids is 2. The number of benzene rings is 2. The highest BCUT2D eigenvalue weighted by atomic mass is 35.5. The van der Waals surface area contributed by atoms with Gasteiger partial charge in [0.05, 0.1) is 11.4 Å². The fourth-order valence-corrected chi connectivity index (χ4v) is 5.44. The van der Waals surface area contributed by atoms with Gasteiger partial charge in [0, 0.05) is 24.7 Å². The molecule has 1 fully saturated rings. The summed E-state index contributed by atoms with van der Waals surface area (Å²) in [4.78, 5) is 28.0. The molecule has 1 N–H and O–H groups in total. The van der Waals surface area contributed by atoms with E-state index in [4.69, 9.17) is 11.6 Å². The molecule has 35 heavy (non-hydrogen) atoms. The van der Waals surface area contributed by atoms with Crippen LogP contribution in [-0.4, -0.2) is 55.1 Å². The molecule has 0 aliphatic heterocycles. The molecule has 2 amide bonds. The van der Waals surface area contributed by atoms with Gasteiger partial charge in [0.2, 0.25) is 21.8 Å². The second-order valence-corrected chi connectivity index (χ2v) is 11.7. The van der Waals surface area contributed by atoms with Gasteiger partial charge in [0.15, 0.2) is 0 Å². The Balaban J connectivity index is 1.78. The zero-order chi connectivity index (χ0) is 25.6. The number of hydrogen-bond acceptors (Lipinski definition) is 4. The lowest BCUT2D eigenvalue weighted by molar-refractivity contribution is -0.141. The smallest absolute Gasteiger partial charge is 0.243 e. The van der Waals surface area contributed by atoms with Crippen LogP contribution in [-0.2, 0) is 26.2 Å². The number of carbonyl (C=O) groups is 2. The second kappa shape index (κ2) is 12.0. The molecule has 190 valence electrons. The number of hydrogen-bond donors (Lipinski definition) is 1. The van der Waals surface area contributed by atoms with Crippen LogP contribution in [0.3, 0.4) is 0 Å². The summed E-state index contributed by atoms with van der Waals surface area (Å²) in [5, 5.41) is 3.51. The molecule has 0 spiro atoms. The van der Waals surface area contributed by atoms with Crippen molar-refractivity contribution < 1.29 is 18.0 Å². The van der Waals surface area contributed by atoms with E-state index in [2.05, 4.69) is 5.32 Å². The van der Waals surface area contributed by atoms with Crippen LogP contribution in [0, 0.1) is 6.92 Å². The van der Waals surface area contributed by atoms with Crippen molar-refractivity contribution in [2.45, 2.75) is 69.5 Å². The van der Waals surface area contributed by atoms with Gasteiger partial charge in [-0.15, -0.1) is 0 Å². The lowest BCUT2D eigenvalue weighted by Gasteiger charge is -2.32. The summed E-state index contributed by atoms with van der Waals surface area (Å²) < 4.78 is 27.0. The van der Waals surface area contributed by atoms with Crippen LogP contribution in [0.25, 0.3) is 0 Å². The van der Waals surface area contributed by atoms with Crippen molar-refractivity contribution in [2.24, 2.45) is 0 Å². The lowest BCUT2D eigenvalue weighted by Crippen LogP contribution is -2.52. The van der Waals surface area contributed by atoms with Crippen LogP contribution >= 0.6 is 11.6 Å². The molecule has 0 radical (unpaired) electrons. The van der Waals surface area contributed by atoms with E-state index in [9.17, 15) is 18.0 Å². The molecule has 2 aromatic rings. The van der Waals surface area contributed by atoms with Crippen molar-refractivity contribution in [1.29, 1.82) is 0 Å². The standard InChI is InChI=1S/C26H34ClN3O4S/c1-19-9-11-21(12-10-19)17-30(20(2)26(32)28-23-7-5-4-6-8-23)25(31)18-29(3)35(33,34)24-15-13-22(27)14-16-24/h9-16,20,23H,4-8,17-18H2,1-3H3,(H,28,32)/t20-/m0/s1. The molecule has 7 nitrogen and oxygen atoms in total. The fraction of sp³-hybridized carbons (Fsp3) is 0.462. The zero-order valence-electron chi connectivity index (χ0n) is 20.5. The molecule has 0 saturated heterocycles. The summed E-state index contributed by atoms with van der Waals surface area (Å²) in [5.74, 6) is -0.669. The molecule has 1 saturated carbocycles. The van der Waals surface area contributed by atoms with Crippen molar-refractivity contribution in [3.05, 3.63) is 64.7 Å². The van der Waals surface area contributed by atoms with Crippen molar-refractivity contribution >= 4 is 33.4 Å². The van der Waals surface area contributed by atoms with Gasteiger partial charge < -0.3 is 10.2 Å². The number of nitrogens with one attached hydrogen (secondary N) is 1. The van der Waals surface area contributed by atoms with E-state index in [1.54, 1.807) is 6.92 Å². The van der Waals surface area contributed by atoms with Crippen molar-refractivity contribution in [2.75, 3.05) is 13.6 Å². The van der Waals surface area contributed by atoms with Crippen molar-refractivity contribution in [1.82, 2.24) is 14.5 Å². The average Bonchev–Trinajstić information content (AvgIpc) is 2.84. The maximum absolute atomic E-state index is 13.4. The first kappa shape index (κ1) is 27.2. The SMILES string of the molecule is Cc1ccc(CN(C(=O)CN(C)S(=O)(=O)c2ccc(Cl)cc2)[C@@H](C)C(=O)NC2CCCCC2)cc1. The normalized spacial score (nSPS) is 15.6. The first-order chi connectivity index (χ1) is 16.6. The minimum absolute atomic E-state index is 0.0466. The third kappa shape index (κ3) is 7.29. The Morgan fingerprint density at radius 3 is 2.23 bits per heavy atom. The van der Waals surface area contributed by atoms with Gasteiger partial charge in [-0.1, -0.05) is 60.7 Å². The minimum atomic E-state index is -3.90. The Bertz CT molecular complexity index is 1110. The van der Waals surface area contributed by atoms with E-state index in [-0.39, 0.29) is 23.4 Å². The molecule has 0 aromatic heterocycles. The maximum Gasteiger partial charge on any atom is 0.243 e. The van der Waals surface area contributed by atoms with Gasteiger partial charge in [-0.05, 0) is 56.5 Å². The molecule has 1 atom stereocenters. The monoisotopic (exact) mass is 519 g/mol. The number of nitrogens with zero attached hydrogens (tertiary/aromatic N) is 2. The molecule has 1 aliphatic carbocycles. The Morgan fingerprint density at radius 1 is 1.03 bits per heavy atom. The zero-order valence-corrected chi connectivity index (χ0v) is 22.1. The van der Waals surface area contributed by atoms with Crippen LogP contribution in [0.2, 0.25) is 5.02 Å². The predicted octanol–water partition coefficient (Wildman–Crippen LogP) is 4.14. The molecule has 0 heterocycles. The van der Waals surface area contributed by atoms with Crippen LogP contribution in [0.5, 0.6) is 0 Å². The Labute approximate surface area is 213 Å². The molecular weight excluding hydrogens is 486 g/mol. The summed E-state index contributed by atoms with van der Waals surface area (Å²) in [6, 6.07) is 12.9. The maximum atomic E-state index is 13.4. The van der Waals surface area contributed by atoms with Crippen molar-refractivity contribution in [3.8, 4) is 0 Å². The van der Waals surface area contributed by atoms with E-state index < -0.39 is 28.5 Å². The van der Waals surface area contributed by atoms with Gasteiger partial charge in [0.25, 0.3) is 0 Å². The van der Waals surface area contributed by atoms with Crippen LogP contribution < -0.4 is 5.32 Å². The Kier molecular flexibility index (Phi) is 9.33. The molecule has 0 bridgehead atoms. The van der Waals surface area contributed by atoms with Gasteiger partial charge >= 0.3 is 0 Å². The molecule has 0 unspecified atom stereocenters. The summed E-state index contributed by atoms with van der Waals surface area (Å²) in [6.07, 6.45) is 5.21. The summed E-state index contributed by atoms with van der Waals surface area (Å²) in [5.41, 5.74) is 1.95. The van der Waals surface area contributed by atoms with E-state index in [0.717, 1.165) is 41.1 Å². The highest BCUT2D eigenvalue weighted by Gasteiger charge is 2.31. The van der Waals surface area contributed by atoms with Crippen molar-refractivity contribution in [3.63, 3.8) is 0 Å². The Morgan fingerprint density at radius 2 is 1.63 bits per heavy atom. The van der Waals surface area contributed by atoms with E-state index in [1.165, 1.54) is 42.6 Å². The highest BCUT2D eigenvalue weighted by Crippen LogP contribution is 2.20. The van der Waals surface area contributed by atoms with Crippen LogP contribution in [0.4, 0.5) is 0 Å². The molecule has 9 heteroatoms. The number of likely N-dealkylation sites (N-methyl/N-ethyl adjacent to an activating group) is 1. The average molecular weight is 520 g/mol. The third-order valence-corrected chi connectivity index (χ3v) is 8.54. The number of aryl methyl sites for hydroxylation is 1. The lowest BCUT2D eigenvalue weighted by atomic mass is 9.95. The summed E-state index contributed by atoms with van der Waals surface area (Å²) >= 11 is 5.88. The van der Waals surface area contributed by atoms with E-state index >= 15 is 0 Å². The third-order valence-electron chi connectivity index (χ3n) is 6.47. The molecule has 3 rings (SSSR count). The van der Waals surface area contributed by atoms with Gasteiger partial charge in [0.1, 0.15) is 6.04 Å². The first-order valence-corrected chi connectivity index (χ1v) is 13.8. The van der Waals surface area contributed by atoms with Gasteiger partial charge in [-0.25, -0.2) is 8.42 Å². The first-order valence-electron chi connectivity index (χ1n) is 11.9. The predicted molar refractivity (Wildman–Crippen MR) is 137 cm³/mol. The molecular formula is C26H34ClN3O4S.